The van der Waals surface area contributed by atoms with Gasteiger partial charge in [-0.3, -0.25) is 0 Å². The average molecular weight is 244 g/mol. The predicted molar refractivity (Wildman–Crippen MR) is 75.6 cm³/mol. The van der Waals surface area contributed by atoms with Crippen molar-refractivity contribution in [2.75, 3.05) is 19.8 Å². The van der Waals surface area contributed by atoms with Crippen LogP contribution in [0.2, 0.25) is 0 Å². The number of aromatic nitrogens is 1. The van der Waals surface area contributed by atoms with Crippen molar-refractivity contribution in [3.63, 3.8) is 0 Å². The molecule has 1 heterocycles. The van der Waals surface area contributed by atoms with E-state index in [2.05, 4.69) is 41.1 Å². The number of nitrogens with one attached hydrogen (secondary N) is 2. The van der Waals surface area contributed by atoms with Crippen LogP contribution in [-0.4, -0.2) is 24.7 Å². The Morgan fingerprint density at radius 1 is 1.39 bits per heavy atom. The van der Waals surface area contributed by atoms with Crippen molar-refractivity contribution in [2.45, 2.75) is 13.5 Å². The van der Waals surface area contributed by atoms with Crippen molar-refractivity contribution < 1.29 is 4.74 Å². The van der Waals surface area contributed by atoms with Crippen LogP contribution in [0.25, 0.3) is 10.9 Å². The lowest BCUT2D eigenvalue weighted by Crippen LogP contribution is -2.19. The fraction of sp³-hybridized carbons (Fsp3) is 0.333. The zero-order chi connectivity index (χ0) is 12.8. The van der Waals surface area contributed by atoms with Crippen molar-refractivity contribution in [3.8, 4) is 0 Å². The van der Waals surface area contributed by atoms with Crippen LogP contribution < -0.4 is 5.32 Å². The Morgan fingerprint density at radius 2 is 2.28 bits per heavy atom. The first-order valence-corrected chi connectivity index (χ1v) is 6.24. The summed E-state index contributed by atoms with van der Waals surface area (Å²) in [6, 6.07) is 8.55. The van der Waals surface area contributed by atoms with Crippen LogP contribution in [-0.2, 0) is 11.3 Å². The number of ether oxygens (including phenoxy) is 1. The first-order valence-electron chi connectivity index (χ1n) is 6.24. The van der Waals surface area contributed by atoms with E-state index in [4.69, 9.17) is 4.74 Å². The lowest BCUT2D eigenvalue weighted by molar-refractivity contribution is 0.158. The van der Waals surface area contributed by atoms with Gasteiger partial charge in [-0.1, -0.05) is 24.3 Å². The molecule has 2 aromatic rings. The molecule has 3 heteroatoms. The minimum atomic E-state index is 0.649. The summed E-state index contributed by atoms with van der Waals surface area (Å²) in [5.41, 5.74) is 3.53. The molecule has 2 rings (SSSR count). The molecule has 1 aromatic heterocycles. The molecule has 0 fully saturated rings. The first kappa shape index (κ1) is 12.9. The van der Waals surface area contributed by atoms with Crippen LogP contribution in [0.5, 0.6) is 0 Å². The highest BCUT2D eigenvalue weighted by atomic mass is 16.5. The lowest BCUT2D eigenvalue weighted by Gasteiger charge is -2.06. The molecule has 3 nitrogen and oxygen atoms in total. The van der Waals surface area contributed by atoms with E-state index in [0.717, 1.165) is 25.3 Å². The van der Waals surface area contributed by atoms with Crippen molar-refractivity contribution in [2.24, 2.45) is 0 Å². The quantitative estimate of drug-likeness (QED) is 0.580. The Labute approximate surface area is 108 Å². The van der Waals surface area contributed by atoms with E-state index in [9.17, 15) is 0 Å². The molecule has 0 radical (unpaired) electrons. The van der Waals surface area contributed by atoms with Crippen molar-refractivity contribution in [3.05, 3.63) is 48.2 Å². The van der Waals surface area contributed by atoms with E-state index in [1.807, 2.05) is 13.1 Å². The Morgan fingerprint density at radius 3 is 3.11 bits per heavy atom. The number of aromatic amines is 1. The van der Waals surface area contributed by atoms with E-state index in [-0.39, 0.29) is 0 Å². The maximum absolute atomic E-state index is 5.42. The van der Waals surface area contributed by atoms with Crippen molar-refractivity contribution in [1.29, 1.82) is 0 Å². The van der Waals surface area contributed by atoms with E-state index < -0.39 is 0 Å². The smallest absolute Gasteiger partial charge is 0.0672 e. The molecule has 1 aromatic carbocycles. The Balaban J connectivity index is 1.71. The maximum atomic E-state index is 5.42. The van der Waals surface area contributed by atoms with Crippen molar-refractivity contribution >= 4 is 10.9 Å². The first-order chi connectivity index (χ1) is 8.75. The van der Waals surface area contributed by atoms with Crippen LogP contribution in [0, 0.1) is 0 Å². The van der Waals surface area contributed by atoms with Crippen LogP contribution in [0.4, 0.5) is 0 Å². The second-order valence-electron chi connectivity index (χ2n) is 4.59. The number of fused-ring (bicyclic) bond motifs is 1. The highest BCUT2D eigenvalue weighted by molar-refractivity contribution is 5.79. The summed E-state index contributed by atoms with van der Waals surface area (Å²) >= 11 is 0. The van der Waals surface area contributed by atoms with Crippen LogP contribution in [0.15, 0.2) is 42.6 Å². The molecule has 2 N–H and O–H groups in total. The van der Waals surface area contributed by atoms with Crippen LogP contribution in [0.1, 0.15) is 12.5 Å². The summed E-state index contributed by atoms with van der Waals surface area (Å²) in [5, 5.41) is 4.62. The van der Waals surface area contributed by atoms with Gasteiger partial charge in [0.25, 0.3) is 0 Å². The molecular weight excluding hydrogens is 224 g/mol. The van der Waals surface area contributed by atoms with Crippen LogP contribution in [0.3, 0.4) is 0 Å². The van der Waals surface area contributed by atoms with Gasteiger partial charge in [0.1, 0.15) is 0 Å². The molecule has 0 amide bonds. The molecule has 0 unspecified atom stereocenters. The largest absolute Gasteiger partial charge is 0.376 e. The minimum Gasteiger partial charge on any atom is -0.376 e. The van der Waals surface area contributed by atoms with E-state index in [0.29, 0.717) is 6.61 Å². The summed E-state index contributed by atoms with van der Waals surface area (Å²) in [7, 11) is 0. The lowest BCUT2D eigenvalue weighted by atomic mass is 10.1. The molecule has 0 spiro atoms. The summed E-state index contributed by atoms with van der Waals surface area (Å²) in [6.07, 6.45) is 1.97. The number of hydrogen-bond donors (Lipinski definition) is 2. The van der Waals surface area contributed by atoms with E-state index in [1.54, 1.807) is 0 Å². The summed E-state index contributed by atoms with van der Waals surface area (Å²) in [5.74, 6) is 0. The molecule has 0 aliphatic carbocycles. The molecular formula is C15H20N2O. The van der Waals surface area contributed by atoms with Gasteiger partial charge in [0.05, 0.1) is 13.2 Å². The fourth-order valence-electron chi connectivity index (χ4n) is 1.83. The van der Waals surface area contributed by atoms with Crippen molar-refractivity contribution in [1.82, 2.24) is 10.3 Å². The van der Waals surface area contributed by atoms with Gasteiger partial charge in [-0.25, -0.2) is 0 Å². The second kappa shape index (κ2) is 6.38. The minimum absolute atomic E-state index is 0.649. The molecule has 0 saturated carbocycles. The highest BCUT2D eigenvalue weighted by Gasteiger charge is 1.97. The summed E-state index contributed by atoms with van der Waals surface area (Å²) in [4.78, 5) is 3.22. The van der Waals surface area contributed by atoms with Gasteiger partial charge in [0, 0.05) is 24.8 Å². The Kier molecular flexibility index (Phi) is 4.56. The SMILES string of the molecule is C=C(C)COCCNCc1ccc2cc[nH]c2c1. The molecule has 0 saturated heterocycles. The standard InChI is InChI=1S/C15H20N2O/c1-12(2)11-18-8-7-16-10-13-3-4-14-5-6-17-15(14)9-13/h3-6,9,16-17H,1,7-8,10-11H2,2H3. The molecule has 0 bridgehead atoms. The maximum Gasteiger partial charge on any atom is 0.0672 e. The number of benzene rings is 1. The number of hydrogen-bond acceptors (Lipinski definition) is 2. The summed E-state index contributed by atoms with van der Waals surface area (Å²) in [6.45, 7) is 8.86. The Hall–Kier alpha value is -1.58. The van der Waals surface area contributed by atoms with E-state index in [1.165, 1.54) is 16.5 Å². The number of H-pyrrole nitrogens is 1. The Bertz CT molecular complexity index is 516. The summed E-state index contributed by atoms with van der Waals surface area (Å²) < 4.78 is 5.42. The van der Waals surface area contributed by atoms with Gasteiger partial charge in [0.2, 0.25) is 0 Å². The fourth-order valence-corrected chi connectivity index (χ4v) is 1.83. The molecule has 0 aliphatic rings. The van der Waals surface area contributed by atoms with Gasteiger partial charge in [-0.2, -0.15) is 0 Å². The molecule has 0 aliphatic heterocycles. The average Bonchev–Trinajstić information content (AvgIpc) is 2.80. The van der Waals surface area contributed by atoms with E-state index >= 15 is 0 Å². The van der Waals surface area contributed by atoms with Gasteiger partial charge in [0.15, 0.2) is 0 Å². The zero-order valence-electron chi connectivity index (χ0n) is 10.8. The molecule has 18 heavy (non-hydrogen) atoms. The highest BCUT2D eigenvalue weighted by Crippen LogP contribution is 2.13. The van der Waals surface area contributed by atoms with Gasteiger partial charge < -0.3 is 15.0 Å². The second-order valence-corrected chi connectivity index (χ2v) is 4.59. The third-order valence-corrected chi connectivity index (χ3v) is 2.72. The zero-order valence-corrected chi connectivity index (χ0v) is 10.8. The topological polar surface area (TPSA) is 37.0 Å². The predicted octanol–water partition coefficient (Wildman–Crippen LogP) is 2.85. The number of rotatable bonds is 7. The monoisotopic (exact) mass is 244 g/mol. The molecule has 96 valence electrons. The van der Waals surface area contributed by atoms with Gasteiger partial charge >= 0.3 is 0 Å². The third kappa shape index (κ3) is 3.72. The van der Waals surface area contributed by atoms with Gasteiger partial charge in [-0.05, 0) is 30.0 Å². The van der Waals surface area contributed by atoms with Crippen LogP contribution >= 0.6 is 0 Å². The van der Waals surface area contributed by atoms with Gasteiger partial charge in [-0.15, -0.1) is 0 Å². The normalized spacial score (nSPS) is 10.9. The third-order valence-electron chi connectivity index (χ3n) is 2.72. The molecule has 0 atom stereocenters.